The third-order valence-electron chi connectivity index (χ3n) is 0.582. The second-order valence-corrected chi connectivity index (χ2v) is 1.15. The monoisotopic (exact) mass is 112 g/mol. The molecule has 0 fully saturated rings. The van der Waals surface area contributed by atoms with Crippen molar-refractivity contribution in [3.05, 3.63) is 0 Å². The van der Waals surface area contributed by atoms with E-state index in [1.165, 1.54) is 6.07 Å². The van der Waals surface area contributed by atoms with Crippen molar-refractivity contribution in [1.82, 2.24) is 0 Å². The average Bonchev–Trinajstić information content (AvgIpc) is 1.69. The molecule has 0 aromatic carbocycles. The molecule has 0 aliphatic rings. The van der Waals surface area contributed by atoms with Crippen LogP contribution >= 0.6 is 0 Å². The maximum absolute atomic E-state index is 9.93. The zero-order valence-corrected chi connectivity index (χ0v) is 4.00. The summed E-state index contributed by atoms with van der Waals surface area (Å²) in [7, 11) is 0. The van der Waals surface area contributed by atoms with Gasteiger partial charge in [0.1, 0.15) is 6.29 Å². The normalized spacial score (nSPS) is 11.4. The van der Waals surface area contributed by atoms with Crippen molar-refractivity contribution >= 4 is 12.2 Å². The molecule has 0 spiro atoms. The molecule has 0 rings (SSSR count). The Kier molecular flexibility index (Phi) is 2.28. The quantitative estimate of drug-likeness (QED) is 0.360. The van der Waals surface area contributed by atoms with Gasteiger partial charge in [-0.2, -0.15) is 5.26 Å². The summed E-state index contributed by atoms with van der Waals surface area (Å²) in [4.78, 5) is 19.6. The van der Waals surface area contributed by atoms with Crippen molar-refractivity contribution in [2.24, 2.45) is 11.7 Å². The van der Waals surface area contributed by atoms with Crippen molar-refractivity contribution in [1.29, 1.82) is 5.26 Å². The minimum absolute atomic E-state index is 0.211. The molecular formula is C4H4N2O2. The first-order valence-electron chi connectivity index (χ1n) is 1.86. The Morgan fingerprint density at radius 3 is 2.38 bits per heavy atom. The number of carbonyl (C=O) groups is 2. The van der Waals surface area contributed by atoms with E-state index < -0.39 is 11.8 Å². The minimum Gasteiger partial charge on any atom is -0.368 e. The third kappa shape index (κ3) is 1.39. The Morgan fingerprint density at radius 2 is 2.38 bits per heavy atom. The van der Waals surface area contributed by atoms with Gasteiger partial charge >= 0.3 is 0 Å². The number of nitrogens with zero attached hydrogens (tertiary/aromatic N) is 1. The number of primary amides is 1. The lowest BCUT2D eigenvalue weighted by molar-refractivity contribution is -0.124. The Bertz CT molecular complexity index is 147. The summed E-state index contributed by atoms with van der Waals surface area (Å²) in [6.07, 6.45) is 0.211. The van der Waals surface area contributed by atoms with Crippen LogP contribution in [-0.2, 0) is 9.59 Å². The van der Waals surface area contributed by atoms with Gasteiger partial charge in [-0.3, -0.25) is 4.79 Å². The summed E-state index contributed by atoms with van der Waals surface area (Å²) in [5, 5.41) is 7.91. The van der Waals surface area contributed by atoms with Gasteiger partial charge in [0.2, 0.25) is 5.91 Å². The third-order valence-corrected chi connectivity index (χ3v) is 0.582. The molecule has 0 aliphatic heterocycles. The fourth-order valence-corrected chi connectivity index (χ4v) is 0.161. The molecule has 0 bridgehead atoms. The van der Waals surface area contributed by atoms with E-state index in [9.17, 15) is 9.59 Å². The maximum Gasteiger partial charge on any atom is 0.242 e. The lowest BCUT2D eigenvalue weighted by Crippen LogP contribution is -2.22. The van der Waals surface area contributed by atoms with Gasteiger partial charge in [0.25, 0.3) is 0 Å². The van der Waals surface area contributed by atoms with Gasteiger partial charge in [0.15, 0.2) is 5.92 Å². The van der Waals surface area contributed by atoms with E-state index in [-0.39, 0.29) is 6.29 Å². The molecule has 0 radical (unpaired) electrons. The van der Waals surface area contributed by atoms with Crippen LogP contribution in [0.3, 0.4) is 0 Å². The van der Waals surface area contributed by atoms with Crippen LogP contribution in [0, 0.1) is 17.2 Å². The summed E-state index contributed by atoms with van der Waals surface area (Å²) < 4.78 is 0. The molecule has 2 N–H and O–H groups in total. The van der Waals surface area contributed by atoms with Crippen molar-refractivity contribution in [2.75, 3.05) is 0 Å². The van der Waals surface area contributed by atoms with E-state index in [0.29, 0.717) is 0 Å². The van der Waals surface area contributed by atoms with Crippen LogP contribution in [0.1, 0.15) is 0 Å². The largest absolute Gasteiger partial charge is 0.368 e. The van der Waals surface area contributed by atoms with Crippen LogP contribution in [0.2, 0.25) is 0 Å². The van der Waals surface area contributed by atoms with E-state index in [4.69, 9.17) is 5.26 Å². The van der Waals surface area contributed by atoms with Crippen molar-refractivity contribution < 1.29 is 9.59 Å². The summed E-state index contributed by atoms with van der Waals surface area (Å²) in [5.41, 5.74) is 4.57. The van der Waals surface area contributed by atoms with Crippen LogP contribution in [-0.4, -0.2) is 12.2 Å². The summed E-state index contributed by atoms with van der Waals surface area (Å²) in [6, 6.07) is 1.41. The number of hydrogen-bond donors (Lipinski definition) is 1. The summed E-state index contributed by atoms with van der Waals surface area (Å²) >= 11 is 0. The van der Waals surface area contributed by atoms with Crippen molar-refractivity contribution in [2.45, 2.75) is 0 Å². The smallest absolute Gasteiger partial charge is 0.242 e. The van der Waals surface area contributed by atoms with Gasteiger partial charge in [-0.05, 0) is 0 Å². The van der Waals surface area contributed by atoms with Crippen LogP contribution < -0.4 is 5.73 Å². The predicted octanol–water partition coefficient (Wildman–Crippen LogP) is -1.19. The highest BCUT2D eigenvalue weighted by Gasteiger charge is 2.10. The molecule has 0 aromatic rings. The zero-order chi connectivity index (χ0) is 6.57. The molecule has 0 heterocycles. The van der Waals surface area contributed by atoms with Crippen LogP contribution in [0.25, 0.3) is 0 Å². The molecule has 1 amide bonds. The van der Waals surface area contributed by atoms with Crippen molar-refractivity contribution in [3.8, 4) is 6.07 Å². The number of nitriles is 1. The van der Waals surface area contributed by atoms with Gasteiger partial charge in [0, 0.05) is 0 Å². The van der Waals surface area contributed by atoms with Gasteiger partial charge in [-0.1, -0.05) is 0 Å². The second kappa shape index (κ2) is 2.75. The zero-order valence-electron chi connectivity index (χ0n) is 4.00. The van der Waals surface area contributed by atoms with Gasteiger partial charge < -0.3 is 10.5 Å². The van der Waals surface area contributed by atoms with Crippen LogP contribution in [0.4, 0.5) is 0 Å². The summed E-state index contributed by atoms with van der Waals surface area (Å²) in [5.74, 6) is -2.18. The SMILES string of the molecule is N#CC(C=O)C(N)=O. The molecular weight excluding hydrogens is 108 g/mol. The Morgan fingerprint density at radius 1 is 1.88 bits per heavy atom. The van der Waals surface area contributed by atoms with Crippen LogP contribution in [0.5, 0.6) is 0 Å². The second-order valence-electron chi connectivity index (χ2n) is 1.15. The molecule has 1 atom stereocenters. The summed E-state index contributed by atoms with van der Waals surface area (Å²) in [6.45, 7) is 0. The standard InChI is InChI=1S/C4H4N2O2/c5-1-3(2-7)4(6)8/h2-3H,(H2,6,8). The van der Waals surface area contributed by atoms with E-state index in [2.05, 4.69) is 5.73 Å². The Labute approximate surface area is 45.9 Å². The number of nitrogens with two attached hydrogens (primary N) is 1. The molecule has 4 nitrogen and oxygen atoms in total. The topological polar surface area (TPSA) is 83.9 Å². The fourth-order valence-electron chi connectivity index (χ4n) is 0.161. The Hall–Kier alpha value is -1.37. The predicted molar refractivity (Wildman–Crippen MR) is 24.4 cm³/mol. The van der Waals surface area contributed by atoms with E-state index in [0.717, 1.165) is 0 Å². The van der Waals surface area contributed by atoms with Gasteiger partial charge in [-0.15, -0.1) is 0 Å². The molecule has 0 saturated heterocycles. The fraction of sp³-hybridized carbons (Fsp3) is 0.250. The molecule has 0 aromatic heterocycles. The van der Waals surface area contributed by atoms with E-state index >= 15 is 0 Å². The highest BCUT2D eigenvalue weighted by atomic mass is 16.2. The number of hydrogen-bond acceptors (Lipinski definition) is 3. The van der Waals surface area contributed by atoms with E-state index in [1.807, 2.05) is 0 Å². The van der Waals surface area contributed by atoms with Gasteiger partial charge in [0.05, 0.1) is 6.07 Å². The molecule has 8 heavy (non-hydrogen) atoms. The lowest BCUT2D eigenvalue weighted by Gasteiger charge is -1.87. The first-order valence-corrected chi connectivity index (χ1v) is 1.86. The van der Waals surface area contributed by atoms with Gasteiger partial charge in [-0.25, -0.2) is 0 Å². The maximum atomic E-state index is 9.93. The van der Waals surface area contributed by atoms with Crippen LogP contribution in [0.15, 0.2) is 0 Å². The molecule has 0 saturated carbocycles. The molecule has 0 aliphatic carbocycles. The highest BCUT2D eigenvalue weighted by Crippen LogP contribution is 1.82. The Balaban J connectivity index is 3.95. The number of carbonyl (C=O) groups excluding carboxylic acids is 2. The number of aldehydes is 1. The van der Waals surface area contributed by atoms with E-state index in [1.54, 1.807) is 0 Å². The first-order chi connectivity index (χ1) is 3.72. The average molecular weight is 112 g/mol. The first kappa shape index (κ1) is 6.63. The molecule has 42 valence electrons. The van der Waals surface area contributed by atoms with Crippen molar-refractivity contribution in [3.63, 3.8) is 0 Å². The minimum atomic E-state index is -1.28. The lowest BCUT2D eigenvalue weighted by atomic mass is 10.2. The number of rotatable bonds is 2. The molecule has 4 heteroatoms. The number of amides is 1. The highest BCUT2D eigenvalue weighted by molar-refractivity contribution is 5.93. The molecule has 1 unspecified atom stereocenters.